The number of aromatic nitrogens is 3. The van der Waals surface area contributed by atoms with E-state index in [9.17, 15) is 0 Å². The predicted molar refractivity (Wildman–Crippen MR) is 61.3 cm³/mol. The molecule has 0 aliphatic carbocycles. The molecular formula is C9H15N5S. The van der Waals surface area contributed by atoms with Crippen molar-refractivity contribution in [2.24, 2.45) is 5.73 Å². The van der Waals surface area contributed by atoms with Crippen LogP contribution in [0.25, 0.3) is 0 Å². The molecule has 0 spiro atoms. The second kappa shape index (κ2) is 4.24. The molecule has 0 amide bonds. The summed E-state index contributed by atoms with van der Waals surface area (Å²) in [6, 6.07) is 0.382. The van der Waals surface area contributed by atoms with E-state index in [0.29, 0.717) is 11.0 Å². The Morgan fingerprint density at radius 2 is 2.47 bits per heavy atom. The largest absolute Gasteiger partial charge is 0.393 e. The minimum absolute atomic E-state index is 0.382. The minimum Gasteiger partial charge on any atom is -0.393 e. The highest BCUT2D eigenvalue weighted by molar-refractivity contribution is 7.80. The highest BCUT2D eigenvalue weighted by Crippen LogP contribution is 2.13. The number of nitrogens with two attached hydrogens (primary N) is 1. The minimum atomic E-state index is 0.382. The smallest absolute Gasteiger partial charge is 0.147 e. The van der Waals surface area contributed by atoms with Crippen LogP contribution in [0.3, 0.4) is 0 Å². The van der Waals surface area contributed by atoms with Crippen molar-refractivity contribution in [2.45, 2.75) is 32.5 Å². The average Bonchev–Trinajstić information content (AvgIpc) is 2.62. The number of thiocarbonyl (C=S) groups is 1. The van der Waals surface area contributed by atoms with Gasteiger partial charge < -0.3 is 10.3 Å². The summed E-state index contributed by atoms with van der Waals surface area (Å²) >= 11 is 4.92. The molecule has 15 heavy (non-hydrogen) atoms. The Hall–Kier alpha value is -1.01. The summed E-state index contributed by atoms with van der Waals surface area (Å²) in [5, 5.41) is 7.97. The monoisotopic (exact) mass is 225 g/mol. The molecule has 1 aliphatic rings. The summed E-state index contributed by atoms with van der Waals surface area (Å²) in [4.78, 5) is 2.91. The molecule has 6 heteroatoms. The number of hydrogen-bond acceptors (Lipinski definition) is 4. The van der Waals surface area contributed by atoms with Gasteiger partial charge in [0, 0.05) is 25.6 Å². The SMILES string of the molecule is CC(CC(N)=S)N1CCn2cnnc2C1. The molecule has 2 rings (SSSR count). The molecule has 0 radical (unpaired) electrons. The maximum Gasteiger partial charge on any atom is 0.147 e. The van der Waals surface area contributed by atoms with Crippen molar-refractivity contribution in [1.82, 2.24) is 19.7 Å². The fourth-order valence-corrected chi connectivity index (χ4v) is 2.12. The molecule has 0 bridgehead atoms. The van der Waals surface area contributed by atoms with Crippen molar-refractivity contribution in [2.75, 3.05) is 6.54 Å². The highest BCUT2D eigenvalue weighted by Gasteiger charge is 2.21. The zero-order valence-electron chi connectivity index (χ0n) is 8.76. The lowest BCUT2D eigenvalue weighted by molar-refractivity contribution is 0.166. The Bertz CT molecular complexity index is 361. The Morgan fingerprint density at radius 3 is 3.20 bits per heavy atom. The summed E-state index contributed by atoms with van der Waals surface area (Å²) in [5.74, 6) is 1.02. The van der Waals surface area contributed by atoms with Crippen LogP contribution in [0.4, 0.5) is 0 Å². The molecule has 1 aromatic rings. The Labute approximate surface area is 94.3 Å². The van der Waals surface area contributed by atoms with Gasteiger partial charge in [-0.1, -0.05) is 12.2 Å². The van der Waals surface area contributed by atoms with Gasteiger partial charge in [0.15, 0.2) is 0 Å². The van der Waals surface area contributed by atoms with Gasteiger partial charge in [-0.2, -0.15) is 0 Å². The molecule has 1 unspecified atom stereocenters. The fraction of sp³-hybridized carbons (Fsp3) is 0.667. The quantitative estimate of drug-likeness (QED) is 0.742. The highest BCUT2D eigenvalue weighted by atomic mass is 32.1. The third-order valence-corrected chi connectivity index (χ3v) is 2.95. The fourth-order valence-electron chi connectivity index (χ4n) is 1.88. The second-order valence-corrected chi connectivity index (χ2v) is 4.45. The topological polar surface area (TPSA) is 60.0 Å². The molecule has 5 nitrogen and oxygen atoms in total. The van der Waals surface area contributed by atoms with Crippen LogP contribution in [0.1, 0.15) is 19.2 Å². The van der Waals surface area contributed by atoms with E-state index in [0.717, 1.165) is 31.9 Å². The first-order valence-corrected chi connectivity index (χ1v) is 5.46. The van der Waals surface area contributed by atoms with Gasteiger partial charge in [-0.25, -0.2) is 0 Å². The first kappa shape index (κ1) is 10.5. The molecule has 0 fully saturated rings. The van der Waals surface area contributed by atoms with Crippen LogP contribution in [0, 0.1) is 0 Å². The van der Waals surface area contributed by atoms with Gasteiger partial charge in [0.2, 0.25) is 0 Å². The molecular weight excluding hydrogens is 210 g/mol. The summed E-state index contributed by atoms with van der Waals surface area (Å²) in [6.07, 6.45) is 2.55. The first-order chi connectivity index (χ1) is 7.16. The van der Waals surface area contributed by atoms with E-state index in [2.05, 4.69) is 26.6 Å². The molecule has 0 saturated heterocycles. The van der Waals surface area contributed by atoms with Gasteiger partial charge in [-0.3, -0.25) is 4.90 Å². The van der Waals surface area contributed by atoms with Crippen molar-refractivity contribution < 1.29 is 0 Å². The van der Waals surface area contributed by atoms with Crippen LogP contribution < -0.4 is 5.73 Å². The van der Waals surface area contributed by atoms with Gasteiger partial charge in [0.05, 0.1) is 11.5 Å². The van der Waals surface area contributed by atoms with Crippen molar-refractivity contribution in [3.8, 4) is 0 Å². The van der Waals surface area contributed by atoms with Crippen LogP contribution >= 0.6 is 12.2 Å². The maximum atomic E-state index is 5.55. The second-order valence-electron chi connectivity index (χ2n) is 3.93. The van der Waals surface area contributed by atoms with Gasteiger partial charge in [-0.15, -0.1) is 10.2 Å². The molecule has 1 atom stereocenters. The molecule has 1 aliphatic heterocycles. The summed E-state index contributed by atoms with van der Waals surface area (Å²) in [6.45, 7) is 4.94. The van der Waals surface area contributed by atoms with Crippen LogP contribution in [-0.2, 0) is 13.1 Å². The lowest BCUT2D eigenvalue weighted by Gasteiger charge is -2.32. The molecule has 2 heterocycles. The maximum absolute atomic E-state index is 5.55. The van der Waals surface area contributed by atoms with E-state index in [1.54, 1.807) is 6.33 Å². The Balaban J connectivity index is 2.00. The van der Waals surface area contributed by atoms with E-state index in [4.69, 9.17) is 18.0 Å². The number of hydrogen-bond donors (Lipinski definition) is 1. The molecule has 82 valence electrons. The molecule has 1 aromatic heterocycles. The van der Waals surface area contributed by atoms with E-state index in [-0.39, 0.29) is 0 Å². The summed E-state index contributed by atoms with van der Waals surface area (Å²) in [5.41, 5.74) is 5.55. The Morgan fingerprint density at radius 1 is 1.67 bits per heavy atom. The van der Waals surface area contributed by atoms with E-state index >= 15 is 0 Å². The van der Waals surface area contributed by atoms with Crippen LogP contribution in [0.5, 0.6) is 0 Å². The normalized spacial score (nSPS) is 18.5. The summed E-state index contributed by atoms with van der Waals surface area (Å²) in [7, 11) is 0. The first-order valence-electron chi connectivity index (χ1n) is 5.06. The summed E-state index contributed by atoms with van der Waals surface area (Å²) < 4.78 is 2.09. The third-order valence-electron chi connectivity index (χ3n) is 2.79. The van der Waals surface area contributed by atoms with E-state index in [1.807, 2.05) is 0 Å². The Kier molecular flexibility index (Phi) is 2.97. The lowest BCUT2D eigenvalue weighted by Crippen LogP contribution is -2.41. The van der Waals surface area contributed by atoms with Gasteiger partial charge in [-0.05, 0) is 6.92 Å². The standard InChI is InChI=1S/C9H15N5S/c1-7(4-8(10)15)13-2-3-14-6-11-12-9(14)5-13/h6-7H,2-5H2,1H3,(H2,10,15). The van der Waals surface area contributed by atoms with Crippen LogP contribution in [0.15, 0.2) is 6.33 Å². The van der Waals surface area contributed by atoms with Crippen molar-refractivity contribution >= 4 is 17.2 Å². The number of nitrogens with zero attached hydrogens (tertiary/aromatic N) is 4. The zero-order valence-corrected chi connectivity index (χ0v) is 9.57. The van der Waals surface area contributed by atoms with Crippen molar-refractivity contribution in [3.63, 3.8) is 0 Å². The van der Waals surface area contributed by atoms with Crippen molar-refractivity contribution in [1.29, 1.82) is 0 Å². The molecule has 2 N–H and O–H groups in total. The van der Waals surface area contributed by atoms with Crippen LogP contribution in [0.2, 0.25) is 0 Å². The predicted octanol–water partition coefficient (Wildman–Crippen LogP) is 0.158. The van der Waals surface area contributed by atoms with E-state index in [1.165, 1.54) is 0 Å². The molecule has 0 aromatic carbocycles. The van der Waals surface area contributed by atoms with E-state index < -0.39 is 0 Å². The van der Waals surface area contributed by atoms with Gasteiger partial charge >= 0.3 is 0 Å². The van der Waals surface area contributed by atoms with Gasteiger partial charge in [0.1, 0.15) is 12.2 Å². The zero-order chi connectivity index (χ0) is 10.8. The van der Waals surface area contributed by atoms with Crippen molar-refractivity contribution in [3.05, 3.63) is 12.2 Å². The lowest BCUT2D eigenvalue weighted by atomic mass is 10.2. The average molecular weight is 225 g/mol. The molecule has 0 saturated carbocycles. The van der Waals surface area contributed by atoms with Gasteiger partial charge in [0.25, 0.3) is 0 Å². The number of fused-ring (bicyclic) bond motifs is 1. The third kappa shape index (κ3) is 2.32. The number of rotatable bonds is 3. The van der Waals surface area contributed by atoms with Crippen LogP contribution in [-0.4, -0.2) is 37.2 Å².